The van der Waals surface area contributed by atoms with Gasteiger partial charge in [0.1, 0.15) is 11.8 Å². The Labute approximate surface area is 118 Å². The average Bonchev–Trinajstić information content (AvgIpc) is 2.28. The molecule has 1 fully saturated rings. The van der Waals surface area contributed by atoms with Crippen LogP contribution in [0, 0.1) is 0 Å². The molecule has 1 aromatic rings. The number of phenolic OH excluding ortho intramolecular Hbond substituents is 1. The number of phenols is 1. The van der Waals surface area contributed by atoms with Crippen molar-refractivity contribution in [2.75, 3.05) is 6.61 Å². The Hall–Kier alpha value is -0.890. The maximum Gasteiger partial charge on any atom is 0.408 e. The molecule has 0 bridgehead atoms. The zero-order valence-corrected chi connectivity index (χ0v) is 11.9. The van der Waals surface area contributed by atoms with Crippen molar-refractivity contribution >= 4 is 38.0 Å². The number of alkyl halides is 2. The van der Waals surface area contributed by atoms with Gasteiger partial charge in [0.15, 0.2) is 6.61 Å². The summed E-state index contributed by atoms with van der Waals surface area (Å²) in [5, 5.41) is 11.6. The van der Waals surface area contributed by atoms with Gasteiger partial charge in [0.25, 0.3) is 0 Å². The first kappa shape index (κ1) is 13.5. The average molecular weight is 387 g/mol. The van der Waals surface area contributed by atoms with E-state index in [1.807, 2.05) is 0 Å². The fourth-order valence-electron chi connectivity index (χ4n) is 1.59. The van der Waals surface area contributed by atoms with Crippen LogP contribution >= 0.6 is 31.9 Å². The largest absolute Gasteiger partial charge is 0.506 e. The van der Waals surface area contributed by atoms with Gasteiger partial charge in [0, 0.05) is 0 Å². The molecule has 0 radical (unpaired) electrons. The Morgan fingerprint density at radius 1 is 1.39 bits per heavy atom. The van der Waals surface area contributed by atoms with Gasteiger partial charge in [-0.15, -0.1) is 0 Å². The highest BCUT2D eigenvalue weighted by molar-refractivity contribution is 9.11. The first-order valence-electron chi connectivity index (χ1n) is 4.80. The summed E-state index contributed by atoms with van der Waals surface area (Å²) < 4.78 is 32.1. The molecule has 1 heterocycles. The number of benzene rings is 1. The molecule has 0 spiro atoms. The quantitative estimate of drug-likeness (QED) is 0.778. The number of carbonyl (C=O) groups is 1. The highest BCUT2D eigenvalue weighted by Gasteiger charge is 2.47. The summed E-state index contributed by atoms with van der Waals surface area (Å²) in [5.74, 6) is -3.32. The van der Waals surface area contributed by atoms with Crippen molar-refractivity contribution in [1.82, 2.24) is 5.32 Å². The van der Waals surface area contributed by atoms with Gasteiger partial charge in [-0.3, -0.25) is 0 Å². The maximum atomic E-state index is 13.7. The lowest BCUT2D eigenvalue weighted by Gasteiger charge is -2.32. The van der Waals surface area contributed by atoms with Crippen LogP contribution in [0.5, 0.6) is 5.75 Å². The topological polar surface area (TPSA) is 58.6 Å². The van der Waals surface area contributed by atoms with Crippen LogP contribution in [0.2, 0.25) is 0 Å². The number of aromatic hydroxyl groups is 1. The van der Waals surface area contributed by atoms with Gasteiger partial charge in [-0.25, -0.2) is 13.6 Å². The van der Waals surface area contributed by atoms with Crippen molar-refractivity contribution in [3.05, 3.63) is 26.6 Å². The van der Waals surface area contributed by atoms with Crippen LogP contribution < -0.4 is 5.32 Å². The van der Waals surface area contributed by atoms with Crippen molar-refractivity contribution in [3.63, 3.8) is 0 Å². The molecular weight excluding hydrogens is 380 g/mol. The monoisotopic (exact) mass is 385 g/mol. The fraction of sp³-hybridized carbons (Fsp3) is 0.300. The van der Waals surface area contributed by atoms with Crippen molar-refractivity contribution in [2.45, 2.75) is 12.0 Å². The van der Waals surface area contributed by atoms with Gasteiger partial charge in [0.05, 0.1) is 8.95 Å². The number of cyclic esters (lactones) is 1. The van der Waals surface area contributed by atoms with E-state index in [1.165, 1.54) is 12.1 Å². The highest BCUT2D eigenvalue weighted by Crippen LogP contribution is 2.40. The minimum Gasteiger partial charge on any atom is -0.506 e. The molecule has 1 aromatic carbocycles. The lowest BCUT2D eigenvalue weighted by molar-refractivity contribution is -0.104. The van der Waals surface area contributed by atoms with Crippen LogP contribution in [0.3, 0.4) is 0 Å². The number of halogens is 4. The van der Waals surface area contributed by atoms with Gasteiger partial charge in [-0.1, -0.05) is 0 Å². The van der Waals surface area contributed by atoms with Crippen LogP contribution in [0.25, 0.3) is 0 Å². The number of carbonyl (C=O) groups excluding carboxylic acids is 1. The standard InChI is InChI=1S/C10H7Br2F2NO3/c11-5-1-4(2-6(12)7(5)16)8-10(13,14)3-18-9(17)15-8/h1-2,8,16H,3H2,(H,15,17)/t8-/m0/s1. The Bertz CT molecular complexity index is 487. The first-order chi connectivity index (χ1) is 8.31. The van der Waals surface area contributed by atoms with E-state index in [9.17, 15) is 18.7 Å². The Balaban J connectivity index is 2.43. The maximum absolute atomic E-state index is 13.7. The van der Waals surface area contributed by atoms with Crippen molar-refractivity contribution in [1.29, 1.82) is 0 Å². The van der Waals surface area contributed by atoms with E-state index >= 15 is 0 Å². The van der Waals surface area contributed by atoms with E-state index in [0.29, 0.717) is 0 Å². The lowest BCUT2D eigenvalue weighted by atomic mass is 10.00. The molecule has 18 heavy (non-hydrogen) atoms. The van der Waals surface area contributed by atoms with Gasteiger partial charge in [0.2, 0.25) is 0 Å². The third-order valence-corrected chi connectivity index (χ3v) is 3.66. The SMILES string of the molecule is O=C1N[C@@H](c2cc(Br)c(O)c(Br)c2)C(F)(F)CO1. The van der Waals surface area contributed by atoms with E-state index in [1.54, 1.807) is 0 Å². The molecular formula is C10H7Br2F2NO3. The van der Waals surface area contributed by atoms with Crippen molar-refractivity contribution < 1.29 is 23.4 Å². The molecule has 2 rings (SSSR count). The number of ether oxygens (including phenoxy) is 1. The van der Waals surface area contributed by atoms with E-state index in [-0.39, 0.29) is 20.3 Å². The van der Waals surface area contributed by atoms with Crippen LogP contribution in [-0.4, -0.2) is 23.7 Å². The summed E-state index contributed by atoms with van der Waals surface area (Å²) in [4.78, 5) is 11.0. The Kier molecular flexibility index (Phi) is 3.50. The highest BCUT2D eigenvalue weighted by atomic mass is 79.9. The van der Waals surface area contributed by atoms with Gasteiger partial charge in [-0.2, -0.15) is 0 Å². The molecule has 0 unspecified atom stereocenters. The third kappa shape index (κ3) is 2.44. The normalized spacial score (nSPS) is 22.2. The first-order valence-corrected chi connectivity index (χ1v) is 6.39. The summed E-state index contributed by atoms with van der Waals surface area (Å²) in [7, 11) is 0. The van der Waals surface area contributed by atoms with E-state index < -0.39 is 24.7 Å². The predicted octanol–water partition coefficient (Wildman–Crippen LogP) is 3.33. The second kappa shape index (κ2) is 4.65. The number of nitrogens with one attached hydrogen (secondary N) is 1. The molecule has 0 aromatic heterocycles. The van der Waals surface area contributed by atoms with Crippen LogP contribution in [0.1, 0.15) is 11.6 Å². The molecule has 1 amide bonds. The van der Waals surface area contributed by atoms with Gasteiger partial charge >= 0.3 is 12.0 Å². The minimum absolute atomic E-state index is 0.0968. The van der Waals surface area contributed by atoms with Crippen molar-refractivity contribution in [3.8, 4) is 5.75 Å². The minimum atomic E-state index is -3.22. The number of rotatable bonds is 1. The summed E-state index contributed by atoms with van der Waals surface area (Å²) in [6, 6.07) is 1.15. The van der Waals surface area contributed by atoms with Gasteiger partial charge < -0.3 is 15.2 Å². The van der Waals surface area contributed by atoms with E-state index in [4.69, 9.17) is 0 Å². The molecule has 4 nitrogen and oxygen atoms in total. The molecule has 1 saturated heterocycles. The fourth-order valence-corrected chi connectivity index (χ4v) is 2.81. The molecule has 1 atom stereocenters. The molecule has 8 heteroatoms. The molecule has 1 aliphatic rings. The molecule has 98 valence electrons. The Morgan fingerprint density at radius 3 is 2.50 bits per heavy atom. The number of hydrogen-bond donors (Lipinski definition) is 2. The van der Waals surface area contributed by atoms with Crippen LogP contribution in [0.15, 0.2) is 21.1 Å². The Morgan fingerprint density at radius 2 is 1.94 bits per heavy atom. The molecule has 1 aliphatic heterocycles. The number of alkyl carbamates (subject to hydrolysis) is 1. The van der Waals surface area contributed by atoms with E-state index in [2.05, 4.69) is 41.9 Å². The zero-order chi connectivity index (χ0) is 13.5. The summed E-state index contributed by atoms with van der Waals surface area (Å²) in [6.07, 6.45) is -0.897. The van der Waals surface area contributed by atoms with Crippen LogP contribution in [0.4, 0.5) is 13.6 Å². The molecule has 0 aliphatic carbocycles. The smallest absolute Gasteiger partial charge is 0.408 e. The molecule has 2 N–H and O–H groups in total. The summed E-state index contributed by atoms with van der Waals surface area (Å²) in [5.41, 5.74) is 0.160. The number of hydrogen-bond acceptors (Lipinski definition) is 3. The van der Waals surface area contributed by atoms with Crippen molar-refractivity contribution in [2.24, 2.45) is 0 Å². The third-order valence-electron chi connectivity index (χ3n) is 2.45. The summed E-state index contributed by atoms with van der Waals surface area (Å²) >= 11 is 6.09. The number of amides is 1. The van der Waals surface area contributed by atoms with Crippen LogP contribution in [-0.2, 0) is 4.74 Å². The zero-order valence-electron chi connectivity index (χ0n) is 8.71. The summed E-state index contributed by atoms with van der Waals surface area (Å²) in [6.45, 7) is -0.973. The predicted molar refractivity (Wildman–Crippen MR) is 65.7 cm³/mol. The second-order valence-electron chi connectivity index (χ2n) is 3.75. The lowest BCUT2D eigenvalue weighted by Crippen LogP contribution is -2.49. The van der Waals surface area contributed by atoms with Gasteiger partial charge in [-0.05, 0) is 49.6 Å². The van der Waals surface area contributed by atoms with E-state index in [0.717, 1.165) is 0 Å². The second-order valence-corrected chi connectivity index (χ2v) is 5.46. The molecule has 0 saturated carbocycles.